The molecule has 1 aromatic heterocycles. The summed E-state index contributed by atoms with van der Waals surface area (Å²) in [6.45, 7) is 3.40. The summed E-state index contributed by atoms with van der Waals surface area (Å²) in [5.41, 5.74) is 2.58. The van der Waals surface area contributed by atoms with Gasteiger partial charge in [0.15, 0.2) is 0 Å². The molecule has 0 bridgehead atoms. The van der Waals surface area contributed by atoms with E-state index in [4.69, 9.17) is 16.3 Å². The number of carbonyl (C=O) groups is 1. The second-order valence-electron chi connectivity index (χ2n) is 5.91. The van der Waals surface area contributed by atoms with Crippen molar-refractivity contribution < 1.29 is 9.53 Å². The second-order valence-corrected chi connectivity index (χ2v) is 6.35. The minimum Gasteiger partial charge on any atom is -0.496 e. The number of nitrogens with zero attached hydrogens (tertiary/aromatic N) is 2. The molecule has 0 saturated carbocycles. The van der Waals surface area contributed by atoms with Crippen LogP contribution in [0.4, 0.5) is 0 Å². The van der Waals surface area contributed by atoms with Crippen LogP contribution in [0.2, 0.25) is 5.02 Å². The Morgan fingerprint density at radius 1 is 1.43 bits per heavy atom. The van der Waals surface area contributed by atoms with Crippen LogP contribution < -0.4 is 4.74 Å². The number of aromatic nitrogens is 2. The molecule has 2 heterocycles. The number of H-pyrrole nitrogens is 1. The zero-order valence-corrected chi connectivity index (χ0v) is 14.1. The van der Waals surface area contributed by atoms with E-state index < -0.39 is 0 Å². The first-order chi connectivity index (χ1) is 11.1. The molecule has 0 spiro atoms. The summed E-state index contributed by atoms with van der Waals surface area (Å²) in [5, 5.41) is 7.85. The van der Waals surface area contributed by atoms with Gasteiger partial charge in [0.2, 0.25) is 0 Å². The normalized spacial score (nSPS) is 18.0. The van der Waals surface area contributed by atoms with Crippen molar-refractivity contribution in [1.29, 1.82) is 0 Å². The Labute approximate surface area is 140 Å². The molecule has 5 nitrogen and oxygen atoms in total. The highest BCUT2D eigenvalue weighted by Gasteiger charge is 2.28. The third kappa shape index (κ3) is 3.34. The smallest absolute Gasteiger partial charge is 0.257 e. The molecule has 0 radical (unpaired) electrons. The molecule has 1 saturated heterocycles. The fraction of sp³-hybridized carbons (Fsp3) is 0.412. The molecule has 6 heteroatoms. The van der Waals surface area contributed by atoms with E-state index in [1.807, 2.05) is 11.8 Å². The summed E-state index contributed by atoms with van der Waals surface area (Å²) in [4.78, 5) is 14.7. The van der Waals surface area contributed by atoms with Crippen LogP contribution in [0.15, 0.2) is 24.3 Å². The van der Waals surface area contributed by atoms with E-state index in [2.05, 4.69) is 16.3 Å². The Morgan fingerprint density at radius 2 is 2.26 bits per heavy atom. The van der Waals surface area contributed by atoms with Gasteiger partial charge in [0.25, 0.3) is 5.91 Å². The van der Waals surface area contributed by atoms with Crippen molar-refractivity contribution in [3.63, 3.8) is 0 Å². The van der Waals surface area contributed by atoms with Gasteiger partial charge in [-0.2, -0.15) is 5.10 Å². The number of ether oxygens (including phenoxy) is 1. The lowest BCUT2D eigenvalue weighted by atomic mass is 9.94. The zero-order valence-electron chi connectivity index (χ0n) is 13.3. The molecule has 1 amide bonds. The van der Waals surface area contributed by atoms with E-state index in [0.717, 1.165) is 30.8 Å². The van der Waals surface area contributed by atoms with Crippen LogP contribution in [-0.4, -0.2) is 41.2 Å². The van der Waals surface area contributed by atoms with Crippen LogP contribution >= 0.6 is 11.6 Å². The van der Waals surface area contributed by atoms with Crippen molar-refractivity contribution in [1.82, 2.24) is 15.1 Å². The minimum absolute atomic E-state index is 0.0405. The van der Waals surface area contributed by atoms with Crippen molar-refractivity contribution in [3.05, 3.63) is 46.2 Å². The third-order valence-electron chi connectivity index (χ3n) is 4.24. The van der Waals surface area contributed by atoms with Crippen LogP contribution in [0.25, 0.3) is 0 Å². The van der Waals surface area contributed by atoms with Crippen LogP contribution in [0.3, 0.4) is 0 Å². The first kappa shape index (κ1) is 15.9. The highest BCUT2D eigenvalue weighted by molar-refractivity contribution is 6.31. The van der Waals surface area contributed by atoms with Gasteiger partial charge in [-0.05, 0) is 44.0 Å². The first-order valence-corrected chi connectivity index (χ1v) is 8.11. The topological polar surface area (TPSA) is 58.2 Å². The predicted octanol–water partition coefficient (Wildman–Crippen LogP) is 3.40. The van der Waals surface area contributed by atoms with Gasteiger partial charge in [0.05, 0.1) is 18.4 Å². The zero-order chi connectivity index (χ0) is 16.4. The van der Waals surface area contributed by atoms with Crippen molar-refractivity contribution in [2.75, 3.05) is 20.2 Å². The highest BCUT2D eigenvalue weighted by Crippen LogP contribution is 2.29. The van der Waals surface area contributed by atoms with Gasteiger partial charge in [-0.1, -0.05) is 11.6 Å². The van der Waals surface area contributed by atoms with Gasteiger partial charge in [0, 0.05) is 29.7 Å². The Kier molecular flexibility index (Phi) is 4.57. The molecule has 3 rings (SSSR count). The molecular formula is C17H20ClN3O2. The van der Waals surface area contributed by atoms with Crippen LogP contribution in [0.5, 0.6) is 5.75 Å². The summed E-state index contributed by atoms with van der Waals surface area (Å²) in [7, 11) is 1.56. The van der Waals surface area contributed by atoms with E-state index in [9.17, 15) is 4.79 Å². The molecule has 1 N–H and O–H groups in total. The molecule has 1 fully saturated rings. The van der Waals surface area contributed by atoms with Crippen LogP contribution in [0, 0.1) is 6.92 Å². The summed E-state index contributed by atoms with van der Waals surface area (Å²) in [6, 6.07) is 7.18. The van der Waals surface area contributed by atoms with Gasteiger partial charge in [-0.15, -0.1) is 0 Å². The number of benzene rings is 1. The molecule has 1 atom stereocenters. The van der Waals surface area contributed by atoms with E-state index >= 15 is 0 Å². The number of rotatable bonds is 3. The molecule has 1 aromatic carbocycles. The predicted molar refractivity (Wildman–Crippen MR) is 89.2 cm³/mol. The van der Waals surface area contributed by atoms with E-state index in [1.54, 1.807) is 25.3 Å². The van der Waals surface area contributed by atoms with Crippen molar-refractivity contribution in [2.24, 2.45) is 0 Å². The number of hydrogen-bond acceptors (Lipinski definition) is 3. The molecular weight excluding hydrogens is 314 g/mol. The minimum atomic E-state index is -0.0405. The average Bonchev–Trinajstić information content (AvgIpc) is 3.01. The fourth-order valence-corrected chi connectivity index (χ4v) is 3.24. The van der Waals surface area contributed by atoms with Gasteiger partial charge >= 0.3 is 0 Å². The largest absolute Gasteiger partial charge is 0.496 e. The molecule has 23 heavy (non-hydrogen) atoms. The third-order valence-corrected chi connectivity index (χ3v) is 4.48. The monoisotopic (exact) mass is 333 g/mol. The van der Waals surface area contributed by atoms with Gasteiger partial charge in [0.1, 0.15) is 5.75 Å². The average molecular weight is 334 g/mol. The maximum atomic E-state index is 12.9. The Hall–Kier alpha value is -2.01. The molecule has 0 aliphatic carbocycles. The van der Waals surface area contributed by atoms with Crippen LogP contribution in [0.1, 0.15) is 40.5 Å². The number of piperidine rings is 1. The molecule has 1 aliphatic rings. The Balaban J connectivity index is 1.81. The number of nitrogens with one attached hydrogen (secondary N) is 1. The van der Waals surface area contributed by atoms with Crippen LogP contribution in [-0.2, 0) is 0 Å². The lowest BCUT2D eigenvalue weighted by molar-refractivity contribution is 0.0702. The van der Waals surface area contributed by atoms with Gasteiger partial charge in [-0.3, -0.25) is 9.89 Å². The van der Waals surface area contributed by atoms with E-state index in [0.29, 0.717) is 22.9 Å². The quantitative estimate of drug-likeness (QED) is 0.936. The van der Waals surface area contributed by atoms with Crippen molar-refractivity contribution in [2.45, 2.75) is 25.7 Å². The first-order valence-electron chi connectivity index (χ1n) is 7.73. The van der Waals surface area contributed by atoms with Crippen molar-refractivity contribution >= 4 is 17.5 Å². The summed E-state index contributed by atoms with van der Waals surface area (Å²) in [6.07, 6.45) is 2.01. The van der Waals surface area contributed by atoms with Gasteiger partial charge < -0.3 is 9.64 Å². The summed E-state index contributed by atoms with van der Waals surface area (Å²) < 4.78 is 5.30. The number of amides is 1. The molecule has 122 valence electrons. The number of hydrogen-bond donors (Lipinski definition) is 1. The lowest BCUT2D eigenvalue weighted by Gasteiger charge is -2.32. The summed E-state index contributed by atoms with van der Waals surface area (Å²) in [5.74, 6) is 0.779. The maximum absolute atomic E-state index is 12.9. The van der Waals surface area contributed by atoms with E-state index in [-0.39, 0.29) is 11.8 Å². The van der Waals surface area contributed by atoms with Crippen molar-refractivity contribution in [3.8, 4) is 5.75 Å². The number of methoxy groups -OCH3 is 1. The lowest BCUT2D eigenvalue weighted by Crippen LogP contribution is -2.39. The number of carbonyl (C=O) groups excluding carboxylic acids is 1. The number of aryl methyl sites for hydroxylation is 1. The Morgan fingerprint density at radius 3 is 2.96 bits per heavy atom. The molecule has 2 aromatic rings. The highest BCUT2D eigenvalue weighted by atomic mass is 35.5. The number of likely N-dealkylation sites (tertiary alicyclic amines) is 1. The standard InChI is InChI=1S/C17H20ClN3O2/c1-11-8-15(20-19-11)12-4-3-7-21(10-12)17(22)14-9-13(18)5-6-16(14)23-2/h5-6,8-9,12H,3-4,7,10H2,1-2H3,(H,19,20)/t12-/m1/s1. The fourth-order valence-electron chi connectivity index (χ4n) is 3.07. The summed E-state index contributed by atoms with van der Waals surface area (Å²) >= 11 is 6.04. The Bertz CT molecular complexity index is 714. The second kappa shape index (κ2) is 6.62. The number of halogens is 1. The molecule has 1 aliphatic heterocycles. The maximum Gasteiger partial charge on any atom is 0.257 e. The number of aromatic amines is 1. The molecule has 0 unspecified atom stereocenters. The van der Waals surface area contributed by atoms with E-state index in [1.165, 1.54) is 0 Å². The SMILES string of the molecule is COc1ccc(Cl)cc1C(=O)N1CCC[C@@H](c2cc(C)[nH]n2)C1. The van der Waals surface area contributed by atoms with Gasteiger partial charge in [-0.25, -0.2) is 0 Å².